The van der Waals surface area contributed by atoms with Gasteiger partial charge in [-0.2, -0.15) is 0 Å². The lowest BCUT2D eigenvalue weighted by molar-refractivity contribution is -0.264. The van der Waals surface area contributed by atoms with Crippen LogP contribution in [0.5, 0.6) is 0 Å². The molecule has 0 aliphatic carbocycles. The molecule has 0 fully saturated rings. The average Bonchev–Trinajstić information content (AvgIpc) is 2.55. The highest BCUT2D eigenvalue weighted by Gasteiger charge is 2.33. The van der Waals surface area contributed by atoms with E-state index in [1.807, 2.05) is 44.2 Å². The van der Waals surface area contributed by atoms with Gasteiger partial charge in [-0.25, -0.2) is 0 Å². The van der Waals surface area contributed by atoms with Crippen molar-refractivity contribution in [3.05, 3.63) is 58.4 Å². The Bertz CT molecular complexity index is 464. The molecule has 3 nitrogen and oxygen atoms in total. The molecule has 0 heterocycles. The van der Waals surface area contributed by atoms with Gasteiger partial charge in [0, 0.05) is 5.56 Å². The molecule has 0 unspecified atom stereocenters. The summed E-state index contributed by atoms with van der Waals surface area (Å²) in [5, 5.41) is 2.59. The first-order chi connectivity index (χ1) is 10.1. The zero-order valence-electron chi connectivity index (χ0n) is 13.7. The van der Waals surface area contributed by atoms with E-state index in [0.29, 0.717) is 10.5 Å². The van der Waals surface area contributed by atoms with Crippen molar-refractivity contribution in [1.29, 1.82) is 0 Å². The Labute approximate surface area is 135 Å². The third-order valence-electron chi connectivity index (χ3n) is 3.36. The predicted molar refractivity (Wildman–Crippen MR) is 97.3 cm³/mol. The van der Waals surface area contributed by atoms with Gasteiger partial charge in [0.2, 0.25) is 0 Å². The van der Waals surface area contributed by atoms with Crippen molar-refractivity contribution in [2.24, 2.45) is 0 Å². The fourth-order valence-electron chi connectivity index (χ4n) is 1.67. The van der Waals surface area contributed by atoms with Gasteiger partial charge in [-0.05, 0) is 27.7 Å². The van der Waals surface area contributed by atoms with Crippen molar-refractivity contribution < 1.29 is 13.3 Å². The Morgan fingerprint density at radius 3 is 1.86 bits per heavy atom. The molecular formula is C15H26O3Si3. The second-order valence-corrected chi connectivity index (χ2v) is 8.77. The summed E-state index contributed by atoms with van der Waals surface area (Å²) >= 11 is 0. The van der Waals surface area contributed by atoms with Crippen molar-refractivity contribution in [1.82, 2.24) is 0 Å². The minimum absolute atomic E-state index is 0.560. The smallest absolute Gasteiger partial charge is 0.282 e. The van der Waals surface area contributed by atoms with Gasteiger partial charge in [-0.15, -0.1) is 0 Å². The Balaban J connectivity index is 3.00. The fraction of sp³-hybridized carbons (Fsp3) is 0.333. The zero-order chi connectivity index (χ0) is 15.7. The van der Waals surface area contributed by atoms with E-state index < -0.39 is 25.5 Å². The second-order valence-electron chi connectivity index (χ2n) is 4.97. The van der Waals surface area contributed by atoms with Gasteiger partial charge in [-0.3, -0.25) is 0 Å². The number of hydrogen-bond acceptors (Lipinski definition) is 3. The lowest BCUT2D eigenvalue weighted by Gasteiger charge is -2.34. The van der Waals surface area contributed by atoms with Crippen LogP contribution < -0.4 is 0 Å². The SMILES string of the molecule is CC=C(C)[SiH2]OC(O[SiH3])(O[SiH2]C(C)=CC)c1ccccc1. The normalized spacial score (nSPS) is 17.1. The van der Waals surface area contributed by atoms with E-state index in [2.05, 4.69) is 26.0 Å². The quantitative estimate of drug-likeness (QED) is 0.525. The first-order valence-corrected chi connectivity index (χ1v) is 10.6. The minimum atomic E-state index is -1.000. The van der Waals surface area contributed by atoms with Crippen LogP contribution in [0.4, 0.5) is 0 Å². The number of rotatable bonds is 8. The summed E-state index contributed by atoms with van der Waals surface area (Å²) in [5.74, 6) is -1.000. The van der Waals surface area contributed by atoms with Gasteiger partial charge in [0.05, 0.1) is 0 Å². The fourth-order valence-corrected chi connectivity index (χ4v) is 4.68. The zero-order valence-corrected chi connectivity index (χ0v) is 18.5. The lowest BCUT2D eigenvalue weighted by atomic mass is 10.2. The van der Waals surface area contributed by atoms with E-state index in [-0.39, 0.29) is 0 Å². The van der Waals surface area contributed by atoms with Crippen LogP contribution in [0.3, 0.4) is 0 Å². The summed E-state index contributed by atoms with van der Waals surface area (Å²) in [7, 11) is -1.12. The van der Waals surface area contributed by atoms with Crippen molar-refractivity contribution in [2.75, 3.05) is 0 Å². The summed E-state index contributed by atoms with van der Waals surface area (Å²) in [6.07, 6.45) is 4.20. The van der Waals surface area contributed by atoms with Crippen LogP contribution >= 0.6 is 0 Å². The van der Waals surface area contributed by atoms with Crippen LogP contribution in [-0.2, 0) is 19.3 Å². The molecule has 1 rings (SSSR count). The molecule has 0 amide bonds. The van der Waals surface area contributed by atoms with E-state index in [1.54, 1.807) is 0 Å². The van der Waals surface area contributed by atoms with Crippen LogP contribution in [0.15, 0.2) is 52.9 Å². The van der Waals surface area contributed by atoms with E-state index in [0.717, 1.165) is 5.56 Å². The number of hydrogen-bond donors (Lipinski definition) is 0. The number of benzene rings is 1. The summed E-state index contributed by atoms with van der Waals surface area (Å²) in [4.78, 5) is 0. The standard InChI is InChI=1S/C15H26O3Si3/c1-5-12(3)20-17-15(16-19,18-21-13(4)6-2)14-10-8-7-9-11-14/h5-11H,20-21H2,1-4,19H3. The molecule has 1 aromatic carbocycles. The molecule has 0 N–H and O–H groups in total. The maximum atomic E-state index is 6.18. The summed E-state index contributed by atoms with van der Waals surface area (Å²) < 4.78 is 18.2. The third kappa shape index (κ3) is 5.50. The third-order valence-corrected chi connectivity index (χ3v) is 6.67. The van der Waals surface area contributed by atoms with E-state index in [1.165, 1.54) is 10.4 Å². The average molecular weight is 339 g/mol. The summed E-state index contributed by atoms with van der Waals surface area (Å²) in [5.41, 5.74) is 0.952. The largest absolute Gasteiger partial charge is 0.378 e. The van der Waals surface area contributed by atoms with Crippen molar-refractivity contribution >= 4 is 30.0 Å². The Morgan fingerprint density at radius 1 is 1.00 bits per heavy atom. The predicted octanol–water partition coefficient (Wildman–Crippen LogP) is 1.14. The molecule has 0 saturated heterocycles. The van der Waals surface area contributed by atoms with Crippen molar-refractivity contribution in [3.63, 3.8) is 0 Å². The van der Waals surface area contributed by atoms with Gasteiger partial charge in [0.25, 0.3) is 5.97 Å². The maximum Gasteiger partial charge on any atom is 0.282 e. The van der Waals surface area contributed by atoms with E-state index in [9.17, 15) is 0 Å². The highest BCUT2D eigenvalue weighted by Crippen LogP contribution is 2.28. The molecule has 0 spiro atoms. The first-order valence-electron chi connectivity index (χ1n) is 7.20. The van der Waals surface area contributed by atoms with Crippen LogP contribution in [0.1, 0.15) is 33.3 Å². The topological polar surface area (TPSA) is 27.7 Å². The molecule has 6 heteroatoms. The summed E-state index contributed by atoms with van der Waals surface area (Å²) in [6.45, 7) is 8.28. The molecule has 0 aliphatic rings. The van der Waals surface area contributed by atoms with Crippen molar-refractivity contribution in [2.45, 2.75) is 33.7 Å². The molecule has 116 valence electrons. The number of allylic oxidation sites excluding steroid dienone is 4. The van der Waals surface area contributed by atoms with Crippen LogP contribution in [0.25, 0.3) is 0 Å². The Morgan fingerprint density at radius 2 is 1.48 bits per heavy atom. The Kier molecular flexibility index (Phi) is 8.09. The molecule has 0 atom stereocenters. The van der Waals surface area contributed by atoms with Gasteiger partial charge in [-0.1, -0.05) is 52.9 Å². The summed E-state index contributed by atoms with van der Waals surface area (Å²) in [6, 6.07) is 10.00. The maximum absolute atomic E-state index is 6.18. The molecule has 0 aliphatic heterocycles. The second kappa shape index (κ2) is 9.29. The monoisotopic (exact) mass is 338 g/mol. The van der Waals surface area contributed by atoms with E-state index in [4.69, 9.17) is 13.3 Å². The van der Waals surface area contributed by atoms with Gasteiger partial charge in [0.15, 0.2) is 30.0 Å². The van der Waals surface area contributed by atoms with Crippen LogP contribution in [0.2, 0.25) is 0 Å². The highest BCUT2D eigenvalue weighted by atomic mass is 28.2. The Hall–Kier alpha value is -0.769. The molecule has 0 saturated carbocycles. The van der Waals surface area contributed by atoms with Crippen LogP contribution in [0, 0.1) is 0 Å². The highest BCUT2D eigenvalue weighted by molar-refractivity contribution is 6.39. The molecule has 0 bridgehead atoms. The van der Waals surface area contributed by atoms with Crippen molar-refractivity contribution in [3.8, 4) is 0 Å². The molecule has 1 aromatic rings. The molecular weight excluding hydrogens is 312 g/mol. The lowest BCUT2D eigenvalue weighted by Crippen LogP contribution is -2.38. The van der Waals surface area contributed by atoms with Crippen LogP contribution in [-0.4, -0.2) is 30.0 Å². The van der Waals surface area contributed by atoms with E-state index >= 15 is 0 Å². The molecule has 0 radical (unpaired) electrons. The van der Waals surface area contributed by atoms with Gasteiger partial charge in [0.1, 0.15) is 0 Å². The van der Waals surface area contributed by atoms with Gasteiger partial charge < -0.3 is 13.3 Å². The minimum Gasteiger partial charge on any atom is -0.378 e. The van der Waals surface area contributed by atoms with Gasteiger partial charge >= 0.3 is 0 Å². The molecule has 21 heavy (non-hydrogen) atoms. The molecule has 0 aromatic heterocycles. The first kappa shape index (κ1) is 18.3.